The lowest BCUT2D eigenvalue weighted by Gasteiger charge is -2.09. The van der Waals surface area contributed by atoms with Gasteiger partial charge in [0.2, 0.25) is 5.91 Å². The summed E-state index contributed by atoms with van der Waals surface area (Å²) in [5.74, 6) is 0.315. The van der Waals surface area contributed by atoms with Crippen molar-refractivity contribution in [3.05, 3.63) is 29.8 Å². The molecular formula is C15H18N2O3S. The van der Waals surface area contributed by atoms with Crippen molar-refractivity contribution in [3.63, 3.8) is 0 Å². The van der Waals surface area contributed by atoms with E-state index in [0.717, 1.165) is 0 Å². The van der Waals surface area contributed by atoms with Crippen molar-refractivity contribution < 1.29 is 14.3 Å². The van der Waals surface area contributed by atoms with E-state index in [9.17, 15) is 9.59 Å². The molecule has 0 aliphatic rings. The van der Waals surface area contributed by atoms with Gasteiger partial charge in [0, 0.05) is 23.1 Å². The summed E-state index contributed by atoms with van der Waals surface area (Å²) in [5, 5.41) is 11.6. The molecule has 0 aliphatic carbocycles. The molecule has 21 heavy (non-hydrogen) atoms. The Morgan fingerprint density at radius 1 is 1.38 bits per heavy atom. The number of thioether (sulfide) groups is 1. The molecule has 1 atom stereocenters. The van der Waals surface area contributed by atoms with E-state index in [4.69, 9.17) is 5.26 Å². The Morgan fingerprint density at radius 2 is 2.05 bits per heavy atom. The van der Waals surface area contributed by atoms with Gasteiger partial charge in [-0.2, -0.15) is 17.0 Å². The van der Waals surface area contributed by atoms with Gasteiger partial charge in [0.05, 0.1) is 25.2 Å². The summed E-state index contributed by atoms with van der Waals surface area (Å²) in [7, 11) is 1.37. The second-order valence-electron chi connectivity index (χ2n) is 4.45. The largest absolute Gasteiger partial charge is 0.469 e. The van der Waals surface area contributed by atoms with Crippen LogP contribution in [0.4, 0.5) is 5.69 Å². The molecular weight excluding hydrogens is 288 g/mol. The number of anilines is 1. The lowest BCUT2D eigenvalue weighted by molar-refractivity contribution is -0.140. The van der Waals surface area contributed by atoms with Crippen molar-refractivity contribution in [1.29, 1.82) is 5.26 Å². The van der Waals surface area contributed by atoms with Gasteiger partial charge in [0.25, 0.3) is 0 Å². The normalized spacial score (nSPS) is 11.3. The summed E-state index contributed by atoms with van der Waals surface area (Å²) in [6.45, 7) is 1.93. The third-order valence-electron chi connectivity index (χ3n) is 2.71. The predicted molar refractivity (Wildman–Crippen MR) is 83.0 cm³/mol. The zero-order valence-electron chi connectivity index (χ0n) is 12.1. The summed E-state index contributed by atoms with van der Waals surface area (Å²) in [6.07, 6.45) is 0.717. The fourth-order valence-corrected chi connectivity index (χ4v) is 2.54. The molecule has 1 amide bonds. The minimum atomic E-state index is -0.239. The van der Waals surface area contributed by atoms with E-state index in [1.165, 1.54) is 7.11 Å². The van der Waals surface area contributed by atoms with Crippen LogP contribution in [0.1, 0.15) is 25.3 Å². The van der Waals surface area contributed by atoms with Gasteiger partial charge >= 0.3 is 5.97 Å². The Labute approximate surface area is 128 Å². The molecule has 1 unspecified atom stereocenters. The van der Waals surface area contributed by atoms with Crippen LogP contribution in [-0.2, 0) is 14.3 Å². The van der Waals surface area contributed by atoms with Gasteiger partial charge in [0.1, 0.15) is 0 Å². The Morgan fingerprint density at radius 3 is 2.62 bits per heavy atom. The van der Waals surface area contributed by atoms with E-state index in [1.54, 1.807) is 36.0 Å². The minimum absolute atomic E-state index is 0.0857. The monoisotopic (exact) mass is 306 g/mol. The lowest BCUT2D eigenvalue weighted by Crippen LogP contribution is -2.14. The maximum absolute atomic E-state index is 11.7. The number of carbonyl (C=O) groups is 2. The smallest absolute Gasteiger partial charge is 0.306 e. The van der Waals surface area contributed by atoms with Crippen LogP contribution in [-0.4, -0.2) is 30.0 Å². The topological polar surface area (TPSA) is 79.2 Å². The van der Waals surface area contributed by atoms with Gasteiger partial charge in [-0.1, -0.05) is 6.92 Å². The molecule has 6 heteroatoms. The molecule has 0 heterocycles. The number of esters is 1. The van der Waals surface area contributed by atoms with Crippen molar-refractivity contribution in [2.75, 3.05) is 18.2 Å². The molecule has 112 valence electrons. The molecule has 5 nitrogen and oxygen atoms in total. The summed E-state index contributed by atoms with van der Waals surface area (Å²) < 4.78 is 4.59. The third-order valence-corrected chi connectivity index (χ3v) is 3.89. The average molecular weight is 306 g/mol. The molecule has 1 aromatic carbocycles. The van der Waals surface area contributed by atoms with Crippen molar-refractivity contribution >= 4 is 29.3 Å². The number of nitrogens with one attached hydrogen (secondary N) is 1. The maximum Gasteiger partial charge on any atom is 0.306 e. The number of hydrogen-bond acceptors (Lipinski definition) is 5. The molecule has 1 aromatic rings. The van der Waals surface area contributed by atoms with E-state index in [-0.39, 0.29) is 17.1 Å². The first-order chi connectivity index (χ1) is 10.0. The molecule has 0 fully saturated rings. The molecule has 1 N–H and O–H groups in total. The summed E-state index contributed by atoms with van der Waals surface area (Å²) in [6, 6.07) is 8.73. The Hall–Kier alpha value is -2.00. The number of methoxy groups -OCH3 is 1. The number of amides is 1. The highest BCUT2D eigenvalue weighted by atomic mass is 32.2. The lowest BCUT2D eigenvalue weighted by atomic mass is 10.2. The Balaban J connectivity index is 2.27. The van der Waals surface area contributed by atoms with Crippen LogP contribution in [0.5, 0.6) is 0 Å². The van der Waals surface area contributed by atoms with Crippen molar-refractivity contribution in [1.82, 2.24) is 0 Å². The van der Waals surface area contributed by atoms with Gasteiger partial charge in [-0.15, -0.1) is 0 Å². The molecule has 0 aromatic heterocycles. The highest BCUT2D eigenvalue weighted by molar-refractivity contribution is 7.99. The van der Waals surface area contributed by atoms with Crippen LogP contribution in [0.25, 0.3) is 0 Å². The fraction of sp³-hybridized carbons (Fsp3) is 0.400. The Bertz CT molecular complexity index is 523. The van der Waals surface area contributed by atoms with Crippen LogP contribution in [0.15, 0.2) is 24.3 Å². The highest BCUT2D eigenvalue weighted by Gasteiger charge is 2.10. The van der Waals surface area contributed by atoms with Crippen LogP contribution in [0.2, 0.25) is 0 Å². The summed E-state index contributed by atoms with van der Waals surface area (Å²) >= 11 is 1.56. The second kappa shape index (κ2) is 9.03. The maximum atomic E-state index is 11.7. The number of carbonyl (C=O) groups excluding carboxylic acids is 2. The van der Waals surface area contributed by atoms with E-state index >= 15 is 0 Å². The van der Waals surface area contributed by atoms with Crippen molar-refractivity contribution in [2.24, 2.45) is 0 Å². The van der Waals surface area contributed by atoms with Gasteiger partial charge in [-0.3, -0.25) is 9.59 Å². The van der Waals surface area contributed by atoms with Crippen LogP contribution in [0.3, 0.4) is 0 Å². The quantitative estimate of drug-likeness (QED) is 0.783. The minimum Gasteiger partial charge on any atom is -0.469 e. The SMILES string of the molecule is COC(=O)CC(C)SCCC(=O)Nc1ccc(C#N)cc1. The van der Waals surface area contributed by atoms with Gasteiger partial charge in [-0.25, -0.2) is 0 Å². The summed E-state index contributed by atoms with van der Waals surface area (Å²) in [4.78, 5) is 22.8. The third kappa shape index (κ3) is 6.82. The average Bonchev–Trinajstić information content (AvgIpc) is 2.47. The van der Waals surface area contributed by atoms with E-state index in [1.807, 2.05) is 13.0 Å². The number of nitriles is 1. The summed E-state index contributed by atoms with van der Waals surface area (Å²) in [5.41, 5.74) is 1.23. The highest BCUT2D eigenvalue weighted by Crippen LogP contribution is 2.16. The zero-order chi connectivity index (χ0) is 15.7. The van der Waals surface area contributed by atoms with Gasteiger partial charge in [-0.05, 0) is 24.3 Å². The first kappa shape index (κ1) is 17.1. The number of nitrogens with zero attached hydrogens (tertiary/aromatic N) is 1. The van der Waals surface area contributed by atoms with Crippen LogP contribution in [0, 0.1) is 11.3 Å². The Kier molecular flexibility index (Phi) is 7.33. The molecule has 0 saturated carbocycles. The number of benzene rings is 1. The fourth-order valence-electron chi connectivity index (χ4n) is 1.58. The van der Waals surface area contributed by atoms with Gasteiger partial charge < -0.3 is 10.1 Å². The molecule has 1 rings (SSSR count). The van der Waals surface area contributed by atoms with E-state index < -0.39 is 0 Å². The predicted octanol–water partition coefficient (Wildman–Crippen LogP) is 2.57. The van der Waals surface area contributed by atoms with E-state index in [0.29, 0.717) is 29.8 Å². The first-order valence-corrected chi connectivity index (χ1v) is 7.58. The van der Waals surface area contributed by atoms with E-state index in [2.05, 4.69) is 10.1 Å². The number of hydrogen-bond donors (Lipinski definition) is 1. The molecule has 0 saturated heterocycles. The van der Waals surface area contributed by atoms with Crippen LogP contribution < -0.4 is 5.32 Å². The molecule has 0 aliphatic heterocycles. The molecule has 0 radical (unpaired) electrons. The number of ether oxygens (including phenoxy) is 1. The van der Waals surface area contributed by atoms with Crippen LogP contribution >= 0.6 is 11.8 Å². The molecule has 0 bridgehead atoms. The molecule has 0 spiro atoms. The van der Waals surface area contributed by atoms with Crippen molar-refractivity contribution in [3.8, 4) is 6.07 Å². The first-order valence-electron chi connectivity index (χ1n) is 6.53. The standard InChI is InChI=1S/C15H18N2O3S/c1-11(9-15(19)20-2)21-8-7-14(18)17-13-5-3-12(10-16)4-6-13/h3-6,11H,7-9H2,1-2H3,(H,17,18). The van der Waals surface area contributed by atoms with Gasteiger partial charge in [0.15, 0.2) is 0 Å². The zero-order valence-corrected chi connectivity index (χ0v) is 12.9. The second-order valence-corrected chi connectivity index (χ2v) is 6.00. The number of rotatable bonds is 7. The van der Waals surface area contributed by atoms with Crippen molar-refractivity contribution in [2.45, 2.75) is 25.0 Å².